The molecule has 0 amide bonds. The van der Waals surface area contributed by atoms with E-state index < -0.39 is 0 Å². The van der Waals surface area contributed by atoms with Crippen molar-refractivity contribution >= 4 is 17.9 Å². The molecule has 1 nitrogen and oxygen atoms in total. The number of rotatable bonds is 2. The smallest absolute Gasteiger partial charge is 0.150 e. The van der Waals surface area contributed by atoms with Gasteiger partial charge in [0.05, 0.1) is 0 Å². The number of aldehydes is 1. The average Bonchev–Trinajstić information content (AvgIpc) is 2.33. The van der Waals surface area contributed by atoms with Crippen LogP contribution in [0.2, 0.25) is 5.02 Å². The predicted octanol–water partition coefficient (Wildman–Crippen LogP) is 4.13. The summed E-state index contributed by atoms with van der Waals surface area (Å²) >= 11 is 6.07. The van der Waals surface area contributed by atoms with Crippen LogP contribution in [0.15, 0.2) is 42.5 Å². The Balaban J connectivity index is 2.58. The average molecular weight is 231 g/mol. The number of halogens is 1. The van der Waals surface area contributed by atoms with Gasteiger partial charge in [0.2, 0.25) is 0 Å². The molecule has 0 heterocycles. The van der Waals surface area contributed by atoms with Crippen LogP contribution in [-0.2, 0) is 0 Å². The van der Waals surface area contributed by atoms with Crippen molar-refractivity contribution in [1.82, 2.24) is 0 Å². The Labute approximate surface area is 99.7 Å². The molecular formula is C14H11ClO. The van der Waals surface area contributed by atoms with Gasteiger partial charge in [-0.05, 0) is 35.7 Å². The molecule has 0 saturated carbocycles. The van der Waals surface area contributed by atoms with Crippen LogP contribution >= 0.6 is 11.6 Å². The SMILES string of the molecule is Cc1c(Cl)cccc1-c1cccc(C=O)c1. The van der Waals surface area contributed by atoms with Gasteiger partial charge in [-0.2, -0.15) is 0 Å². The minimum absolute atomic E-state index is 0.678. The Morgan fingerprint density at radius 3 is 2.62 bits per heavy atom. The van der Waals surface area contributed by atoms with E-state index in [0.717, 1.165) is 28.0 Å². The summed E-state index contributed by atoms with van der Waals surface area (Å²) in [6.07, 6.45) is 0.851. The second kappa shape index (κ2) is 4.50. The Kier molecular flexibility index (Phi) is 3.07. The maximum absolute atomic E-state index is 10.7. The van der Waals surface area contributed by atoms with Gasteiger partial charge < -0.3 is 0 Å². The molecule has 2 rings (SSSR count). The first-order valence-electron chi connectivity index (χ1n) is 5.03. The fourth-order valence-corrected chi connectivity index (χ4v) is 1.87. The first-order chi connectivity index (χ1) is 7.72. The summed E-state index contributed by atoms with van der Waals surface area (Å²) in [5.74, 6) is 0. The van der Waals surface area contributed by atoms with Gasteiger partial charge in [-0.25, -0.2) is 0 Å². The summed E-state index contributed by atoms with van der Waals surface area (Å²) in [5.41, 5.74) is 3.80. The number of carbonyl (C=O) groups excluding carboxylic acids is 1. The second-order valence-corrected chi connectivity index (χ2v) is 4.06. The van der Waals surface area contributed by atoms with E-state index >= 15 is 0 Å². The van der Waals surface area contributed by atoms with Crippen molar-refractivity contribution in [2.24, 2.45) is 0 Å². The lowest BCUT2D eigenvalue weighted by Gasteiger charge is -2.07. The molecule has 0 saturated heterocycles. The zero-order valence-corrected chi connectivity index (χ0v) is 9.66. The zero-order valence-electron chi connectivity index (χ0n) is 8.91. The van der Waals surface area contributed by atoms with Crippen molar-refractivity contribution in [2.45, 2.75) is 6.92 Å². The Morgan fingerprint density at radius 1 is 1.12 bits per heavy atom. The third-order valence-corrected chi connectivity index (χ3v) is 3.01. The molecule has 0 aliphatic rings. The first-order valence-corrected chi connectivity index (χ1v) is 5.41. The Bertz CT molecular complexity index is 532. The molecule has 0 fully saturated rings. The predicted molar refractivity (Wildman–Crippen MR) is 67.0 cm³/mol. The van der Waals surface area contributed by atoms with Crippen molar-refractivity contribution in [3.8, 4) is 11.1 Å². The fourth-order valence-electron chi connectivity index (χ4n) is 1.70. The Morgan fingerprint density at radius 2 is 1.88 bits per heavy atom. The highest BCUT2D eigenvalue weighted by atomic mass is 35.5. The van der Waals surface area contributed by atoms with Crippen LogP contribution in [0.5, 0.6) is 0 Å². The molecule has 16 heavy (non-hydrogen) atoms. The van der Waals surface area contributed by atoms with Gasteiger partial charge in [-0.1, -0.05) is 41.9 Å². The van der Waals surface area contributed by atoms with E-state index in [2.05, 4.69) is 0 Å². The summed E-state index contributed by atoms with van der Waals surface area (Å²) in [7, 11) is 0. The maximum atomic E-state index is 10.7. The van der Waals surface area contributed by atoms with Crippen LogP contribution in [0.4, 0.5) is 0 Å². The molecule has 0 bridgehead atoms. The van der Waals surface area contributed by atoms with Crippen LogP contribution in [0.1, 0.15) is 15.9 Å². The minimum atomic E-state index is 0.678. The fraction of sp³-hybridized carbons (Fsp3) is 0.0714. The van der Waals surface area contributed by atoms with Gasteiger partial charge in [0.1, 0.15) is 6.29 Å². The molecule has 0 aliphatic carbocycles. The topological polar surface area (TPSA) is 17.1 Å². The number of hydrogen-bond donors (Lipinski definition) is 0. The molecule has 2 aromatic rings. The Hall–Kier alpha value is -1.60. The third-order valence-electron chi connectivity index (χ3n) is 2.60. The molecule has 0 N–H and O–H groups in total. The molecule has 0 atom stereocenters. The molecule has 0 radical (unpaired) electrons. The van der Waals surface area contributed by atoms with E-state index in [1.807, 2.05) is 43.3 Å². The molecule has 0 spiro atoms. The van der Waals surface area contributed by atoms with Crippen LogP contribution in [0.3, 0.4) is 0 Å². The summed E-state index contributed by atoms with van der Waals surface area (Å²) in [6, 6.07) is 13.3. The monoisotopic (exact) mass is 230 g/mol. The highest BCUT2D eigenvalue weighted by molar-refractivity contribution is 6.31. The summed E-state index contributed by atoms with van der Waals surface area (Å²) in [4.78, 5) is 10.7. The quantitative estimate of drug-likeness (QED) is 0.709. The molecule has 80 valence electrons. The van der Waals surface area contributed by atoms with Gasteiger partial charge >= 0.3 is 0 Å². The van der Waals surface area contributed by atoms with Crippen molar-refractivity contribution in [2.75, 3.05) is 0 Å². The van der Waals surface area contributed by atoms with Crippen molar-refractivity contribution in [3.05, 3.63) is 58.6 Å². The summed E-state index contributed by atoms with van der Waals surface area (Å²) in [6.45, 7) is 1.98. The summed E-state index contributed by atoms with van der Waals surface area (Å²) < 4.78 is 0. The van der Waals surface area contributed by atoms with E-state index in [-0.39, 0.29) is 0 Å². The summed E-state index contributed by atoms with van der Waals surface area (Å²) in [5, 5.41) is 0.744. The van der Waals surface area contributed by atoms with Gasteiger partial charge in [0.25, 0.3) is 0 Å². The van der Waals surface area contributed by atoms with Gasteiger partial charge in [0.15, 0.2) is 0 Å². The van der Waals surface area contributed by atoms with Crippen molar-refractivity contribution < 1.29 is 4.79 Å². The van der Waals surface area contributed by atoms with Gasteiger partial charge in [-0.3, -0.25) is 4.79 Å². The van der Waals surface area contributed by atoms with Gasteiger partial charge in [-0.15, -0.1) is 0 Å². The lowest BCUT2D eigenvalue weighted by Crippen LogP contribution is -1.86. The van der Waals surface area contributed by atoms with Crippen LogP contribution in [-0.4, -0.2) is 6.29 Å². The number of carbonyl (C=O) groups is 1. The molecular weight excluding hydrogens is 220 g/mol. The van der Waals surface area contributed by atoms with E-state index in [0.29, 0.717) is 5.56 Å². The van der Waals surface area contributed by atoms with Crippen molar-refractivity contribution in [1.29, 1.82) is 0 Å². The maximum Gasteiger partial charge on any atom is 0.150 e. The molecule has 2 heteroatoms. The lowest BCUT2D eigenvalue weighted by atomic mass is 9.99. The normalized spacial score (nSPS) is 10.1. The van der Waals surface area contributed by atoms with E-state index in [9.17, 15) is 4.79 Å². The molecule has 2 aromatic carbocycles. The van der Waals surface area contributed by atoms with Crippen LogP contribution in [0, 0.1) is 6.92 Å². The molecule has 0 aliphatic heterocycles. The highest BCUT2D eigenvalue weighted by Crippen LogP contribution is 2.28. The molecule has 0 aromatic heterocycles. The second-order valence-electron chi connectivity index (χ2n) is 3.66. The highest BCUT2D eigenvalue weighted by Gasteiger charge is 2.04. The van der Waals surface area contributed by atoms with E-state index in [4.69, 9.17) is 11.6 Å². The van der Waals surface area contributed by atoms with Crippen LogP contribution < -0.4 is 0 Å². The minimum Gasteiger partial charge on any atom is -0.298 e. The number of hydrogen-bond acceptors (Lipinski definition) is 1. The van der Waals surface area contributed by atoms with E-state index in [1.165, 1.54) is 0 Å². The standard InChI is InChI=1S/C14H11ClO/c1-10-13(6-3-7-14(10)15)12-5-2-4-11(8-12)9-16/h2-9H,1H3. The molecule has 0 unspecified atom stereocenters. The zero-order chi connectivity index (χ0) is 11.5. The van der Waals surface area contributed by atoms with E-state index in [1.54, 1.807) is 6.07 Å². The van der Waals surface area contributed by atoms with Crippen molar-refractivity contribution in [3.63, 3.8) is 0 Å². The largest absolute Gasteiger partial charge is 0.298 e. The van der Waals surface area contributed by atoms with Gasteiger partial charge in [0, 0.05) is 10.6 Å². The first kappa shape index (κ1) is 10.9. The van der Waals surface area contributed by atoms with Crippen LogP contribution in [0.25, 0.3) is 11.1 Å². The third kappa shape index (κ3) is 2.00. The number of benzene rings is 2. The lowest BCUT2D eigenvalue weighted by molar-refractivity contribution is 0.112.